The van der Waals surface area contributed by atoms with Crippen molar-refractivity contribution in [3.63, 3.8) is 0 Å². The van der Waals surface area contributed by atoms with Gasteiger partial charge in [-0.3, -0.25) is 4.79 Å². The van der Waals surface area contributed by atoms with Crippen molar-refractivity contribution in [1.29, 1.82) is 5.26 Å². The number of nitriles is 1. The number of carbonyl (C=O) groups excluding carboxylic acids is 1. The van der Waals surface area contributed by atoms with Crippen molar-refractivity contribution in [1.82, 2.24) is 0 Å². The molecule has 0 bridgehead atoms. The molecule has 0 aliphatic heterocycles. The number of fused-ring (bicyclic) bond motifs is 1. The number of hydrogen-bond acceptors (Lipinski definition) is 3. The molecule has 1 heterocycles. The Morgan fingerprint density at radius 2 is 1.68 bits per heavy atom. The summed E-state index contributed by atoms with van der Waals surface area (Å²) in [7, 11) is 0. The summed E-state index contributed by atoms with van der Waals surface area (Å²) in [5, 5.41) is 9.77. The molecule has 1 atom stereocenters. The summed E-state index contributed by atoms with van der Waals surface area (Å²) in [6, 6.07) is 1.60. The van der Waals surface area contributed by atoms with Crippen LogP contribution in [0.4, 0.5) is 44.5 Å². The summed E-state index contributed by atoms with van der Waals surface area (Å²) < 4.78 is 116. The lowest BCUT2D eigenvalue weighted by molar-refractivity contribution is -0.388. The first kappa shape index (κ1) is 22.3. The van der Waals surface area contributed by atoms with Gasteiger partial charge in [-0.05, 0) is 30.7 Å². The van der Waals surface area contributed by atoms with E-state index in [1.54, 1.807) is 6.07 Å². The summed E-state index contributed by atoms with van der Waals surface area (Å²) in [6.07, 6.45) is -5.65. The van der Waals surface area contributed by atoms with Gasteiger partial charge in [-0.1, -0.05) is 6.92 Å². The van der Waals surface area contributed by atoms with E-state index in [-0.39, 0.29) is 11.5 Å². The highest BCUT2D eigenvalue weighted by molar-refractivity contribution is 7.16. The van der Waals surface area contributed by atoms with Gasteiger partial charge < -0.3 is 5.32 Å². The minimum absolute atomic E-state index is 0.150. The molecule has 2 rings (SSSR count). The first-order valence-corrected chi connectivity index (χ1v) is 8.45. The van der Waals surface area contributed by atoms with Gasteiger partial charge in [0.05, 0.1) is 5.56 Å². The number of halogens is 9. The number of rotatable bonds is 4. The molecule has 1 aromatic rings. The van der Waals surface area contributed by atoms with Crippen molar-refractivity contribution in [2.75, 3.05) is 5.32 Å². The summed E-state index contributed by atoms with van der Waals surface area (Å²) in [5.41, 5.74) is 0.0959. The monoisotopic (exact) mass is 438 g/mol. The maximum absolute atomic E-state index is 13.7. The summed E-state index contributed by atoms with van der Waals surface area (Å²) in [6.45, 7) is 1.85. The van der Waals surface area contributed by atoms with E-state index in [4.69, 9.17) is 5.26 Å². The largest absolute Gasteiger partial charge is 0.460 e. The maximum atomic E-state index is 13.7. The Labute approximate surface area is 156 Å². The minimum atomic E-state index is -7.16. The van der Waals surface area contributed by atoms with Gasteiger partial charge in [0.15, 0.2) is 0 Å². The van der Waals surface area contributed by atoms with Crippen LogP contribution >= 0.6 is 11.3 Å². The van der Waals surface area contributed by atoms with Crippen molar-refractivity contribution in [2.45, 2.75) is 50.1 Å². The van der Waals surface area contributed by atoms with Crippen molar-refractivity contribution >= 4 is 22.2 Å². The van der Waals surface area contributed by atoms with Crippen LogP contribution < -0.4 is 5.32 Å². The van der Waals surface area contributed by atoms with Crippen LogP contribution in [0.1, 0.15) is 29.3 Å². The Balaban J connectivity index is 2.38. The molecule has 13 heteroatoms. The molecule has 1 aliphatic carbocycles. The average molecular weight is 438 g/mol. The fourth-order valence-electron chi connectivity index (χ4n) is 2.66. The average Bonchev–Trinajstić information content (AvgIpc) is 2.89. The Hall–Kier alpha value is -1.97. The Bertz CT molecular complexity index is 823. The van der Waals surface area contributed by atoms with E-state index < -0.39 is 34.9 Å². The van der Waals surface area contributed by atoms with Gasteiger partial charge in [-0.25, -0.2) is 0 Å². The molecule has 0 aromatic carbocycles. The number of nitrogens with zero attached hydrogens (tertiary/aromatic N) is 1. The standard InChI is InChI=1S/C15H11F9N2OS/c1-6-2-3-7-8(5-25)10(28-9(7)4-6)26-11(27)12(16,17)13(18,19)14(20,21)15(22,23)24/h6H,2-4H2,1H3,(H,26,27). The van der Waals surface area contributed by atoms with Crippen LogP contribution in [0.15, 0.2) is 0 Å². The second-order valence-electron chi connectivity index (χ2n) is 6.34. The third kappa shape index (κ3) is 3.31. The topological polar surface area (TPSA) is 52.9 Å². The Kier molecular flexibility index (Phi) is 5.44. The third-order valence-corrected chi connectivity index (χ3v) is 5.45. The Morgan fingerprint density at radius 3 is 2.18 bits per heavy atom. The molecule has 0 radical (unpaired) electrons. The van der Waals surface area contributed by atoms with Crippen LogP contribution in [0, 0.1) is 17.2 Å². The zero-order chi connectivity index (χ0) is 21.7. The van der Waals surface area contributed by atoms with E-state index in [1.165, 1.54) is 5.32 Å². The van der Waals surface area contributed by atoms with Gasteiger partial charge in [-0.15, -0.1) is 11.3 Å². The minimum Gasteiger partial charge on any atom is -0.311 e. The summed E-state index contributed by atoms with van der Waals surface area (Å²) in [4.78, 5) is 12.1. The normalized spacial score (nSPS) is 18.4. The maximum Gasteiger partial charge on any atom is 0.460 e. The van der Waals surface area contributed by atoms with Gasteiger partial charge in [0.2, 0.25) is 0 Å². The fraction of sp³-hybridized carbons (Fsp3) is 0.600. The lowest BCUT2D eigenvalue weighted by Crippen LogP contribution is -2.64. The molecular weight excluding hydrogens is 427 g/mol. The molecule has 3 nitrogen and oxygen atoms in total. The molecule has 0 fully saturated rings. The first-order valence-electron chi connectivity index (χ1n) is 7.64. The lowest BCUT2D eigenvalue weighted by Gasteiger charge is -2.32. The van der Waals surface area contributed by atoms with Crippen molar-refractivity contribution < 1.29 is 44.3 Å². The molecule has 1 aromatic heterocycles. The van der Waals surface area contributed by atoms with Gasteiger partial charge in [-0.2, -0.15) is 44.8 Å². The fourth-order valence-corrected chi connectivity index (χ4v) is 4.01. The molecule has 28 heavy (non-hydrogen) atoms. The third-order valence-electron chi connectivity index (χ3n) is 4.28. The van der Waals surface area contributed by atoms with E-state index in [0.717, 1.165) is 0 Å². The van der Waals surface area contributed by atoms with Gasteiger partial charge in [0, 0.05) is 4.88 Å². The number of amides is 1. The van der Waals surface area contributed by atoms with Crippen LogP contribution in [-0.2, 0) is 17.6 Å². The molecule has 156 valence electrons. The first-order chi connectivity index (χ1) is 12.6. The number of alkyl halides is 9. The zero-order valence-electron chi connectivity index (χ0n) is 13.9. The van der Waals surface area contributed by atoms with Gasteiger partial charge in [0.25, 0.3) is 0 Å². The number of hydrogen-bond donors (Lipinski definition) is 1. The zero-order valence-corrected chi connectivity index (χ0v) is 14.7. The van der Waals surface area contributed by atoms with E-state index in [2.05, 4.69) is 0 Å². The van der Waals surface area contributed by atoms with E-state index in [9.17, 15) is 44.3 Å². The highest BCUT2D eigenvalue weighted by Gasteiger charge is 2.83. The molecule has 0 saturated carbocycles. The van der Waals surface area contributed by atoms with Gasteiger partial charge >= 0.3 is 29.9 Å². The predicted octanol–water partition coefficient (Wildman–Crippen LogP) is 5.15. The molecular formula is C15H11F9N2OS. The number of thiophene rings is 1. The van der Waals surface area contributed by atoms with Gasteiger partial charge in [0.1, 0.15) is 11.1 Å². The van der Waals surface area contributed by atoms with E-state index in [1.807, 2.05) is 6.92 Å². The van der Waals surface area contributed by atoms with Crippen LogP contribution in [0.2, 0.25) is 0 Å². The highest BCUT2D eigenvalue weighted by Crippen LogP contribution is 2.53. The van der Waals surface area contributed by atoms with Crippen molar-refractivity contribution in [3.05, 3.63) is 16.0 Å². The number of anilines is 1. The van der Waals surface area contributed by atoms with Crippen LogP contribution in [0.3, 0.4) is 0 Å². The second kappa shape index (κ2) is 6.82. The summed E-state index contributed by atoms with van der Waals surface area (Å²) >= 11 is 0.616. The number of nitrogens with one attached hydrogen (secondary N) is 1. The lowest BCUT2D eigenvalue weighted by atomic mass is 9.88. The second-order valence-corrected chi connectivity index (χ2v) is 7.45. The van der Waals surface area contributed by atoms with Crippen molar-refractivity contribution in [2.24, 2.45) is 5.92 Å². The van der Waals surface area contributed by atoms with Crippen molar-refractivity contribution in [3.8, 4) is 6.07 Å². The van der Waals surface area contributed by atoms with E-state index in [0.29, 0.717) is 41.0 Å². The molecule has 1 unspecified atom stereocenters. The van der Waals surface area contributed by atoms with Crippen LogP contribution in [0.25, 0.3) is 0 Å². The van der Waals surface area contributed by atoms with E-state index >= 15 is 0 Å². The quantitative estimate of drug-likeness (QED) is 0.661. The molecule has 1 amide bonds. The highest BCUT2D eigenvalue weighted by atomic mass is 32.1. The smallest absolute Gasteiger partial charge is 0.311 e. The molecule has 1 aliphatic rings. The molecule has 0 spiro atoms. The SMILES string of the molecule is CC1CCc2c(sc(NC(=O)C(F)(F)C(F)(F)C(F)(F)C(F)(F)F)c2C#N)C1. The van der Waals surface area contributed by atoms with Crippen LogP contribution in [-0.4, -0.2) is 29.9 Å². The van der Waals surface area contributed by atoms with Crippen LogP contribution in [0.5, 0.6) is 0 Å². The summed E-state index contributed by atoms with van der Waals surface area (Å²) in [5.74, 6) is -23.5. The number of carbonyl (C=O) groups is 1. The predicted molar refractivity (Wildman–Crippen MR) is 79.7 cm³/mol. The molecule has 1 N–H and O–H groups in total. The Morgan fingerprint density at radius 1 is 1.11 bits per heavy atom. The molecule has 0 saturated heterocycles.